The van der Waals surface area contributed by atoms with Crippen molar-refractivity contribution in [2.75, 3.05) is 5.32 Å². The van der Waals surface area contributed by atoms with Crippen LogP contribution in [-0.2, 0) is 13.1 Å². The van der Waals surface area contributed by atoms with Crippen LogP contribution in [0.25, 0.3) is 22.3 Å². The molecule has 2 aromatic heterocycles. The maximum absolute atomic E-state index is 13.2. The molecule has 0 spiro atoms. The zero-order chi connectivity index (χ0) is 23.3. The fraction of sp³-hybridized carbons (Fsp3) is 0.0741. The van der Waals surface area contributed by atoms with Gasteiger partial charge >= 0.3 is 0 Å². The van der Waals surface area contributed by atoms with E-state index in [1.807, 2.05) is 48.5 Å². The summed E-state index contributed by atoms with van der Waals surface area (Å²) < 4.78 is 13.2. The molecule has 168 valence electrons. The number of hydrogen-bond donors (Lipinski definition) is 2. The molecule has 2 heterocycles. The lowest BCUT2D eigenvalue weighted by Gasteiger charge is -2.15. The molecule has 0 aliphatic heterocycles. The number of para-hydroxylation sites is 1. The summed E-state index contributed by atoms with van der Waals surface area (Å²) in [5, 5.41) is 8.40. The van der Waals surface area contributed by atoms with Gasteiger partial charge in [-0.05, 0) is 59.7 Å². The van der Waals surface area contributed by atoms with Crippen molar-refractivity contribution < 1.29 is 4.39 Å². The van der Waals surface area contributed by atoms with Crippen molar-refractivity contribution in [3.05, 3.63) is 113 Å². The Morgan fingerprint density at radius 3 is 2.53 bits per heavy atom. The van der Waals surface area contributed by atoms with E-state index in [-0.39, 0.29) is 5.82 Å². The molecule has 0 aliphatic carbocycles. The molecule has 0 aliphatic rings. The van der Waals surface area contributed by atoms with Gasteiger partial charge in [0.25, 0.3) is 0 Å². The molecule has 34 heavy (non-hydrogen) atoms. The van der Waals surface area contributed by atoms with Crippen LogP contribution in [0.2, 0.25) is 5.02 Å². The van der Waals surface area contributed by atoms with Crippen LogP contribution in [0.5, 0.6) is 0 Å². The lowest BCUT2D eigenvalue weighted by atomic mass is 10.1. The van der Waals surface area contributed by atoms with Gasteiger partial charge in [0, 0.05) is 47.1 Å². The molecule has 5 aromatic rings. The van der Waals surface area contributed by atoms with Gasteiger partial charge in [-0.1, -0.05) is 41.9 Å². The topological polar surface area (TPSA) is 62.7 Å². The molecule has 7 heteroatoms. The zero-order valence-electron chi connectivity index (χ0n) is 18.2. The molecule has 5 rings (SSSR count). The average Bonchev–Trinajstić information content (AvgIpc) is 2.86. The molecule has 0 bridgehead atoms. The molecule has 0 amide bonds. The van der Waals surface area contributed by atoms with E-state index in [9.17, 15) is 4.39 Å². The van der Waals surface area contributed by atoms with E-state index >= 15 is 0 Å². The normalized spacial score (nSPS) is 11.0. The summed E-state index contributed by atoms with van der Waals surface area (Å²) in [6, 6.07) is 23.9. The Bertz CT molecular complexity index is 1420. The summed E-state index contributed by atoms with van der Waals surface area (Å²) in [5.41, 5.74) is 4.60. The van der Waals surface area contributed by atoms with Gasteiger partial charge in [-0.15, -0.1) is 0 Å². The van der Waals surface area contributed by atoms with Crippen LogP contribution in [0.4, 0.5) is 15.9 Å². The zero-order valence-corrected chi connectivity index (χ0v) is 18.9. The van der Waals surface area contributed by atoms with E-state index in [1.54, 1.807) is 24.5 Å². The summed E-state index contributed by atoms with van der Waals surface area (Å²) >= 11 is 6.25. The highest BCUT2D eigenvalue weighted by atomic mass is 35.5. The Balaban J connectivity index is 1.44. The van der Waals surface area contributed by atoms with E-state index in [1.165, 1.54) is 12.1 Å². The maximum atomic E-state index is 13.2. The molecular formula is C27H21ClFN5. The van der Waals surface area contributed by atoms with Gasteiger partial charge in [-0.3, -0.25) is 4.98 Å². The van der Waals surface area contributed by atoms with Crippen LogP contribution in [0, 0.1) is 5.82 Å². The molecule has 3 aromatic carbocycles. The first-order valence-corrected chi connectivity index (χ1v) is 11.2. The number of fused-ring (bicyclic) bond motifs is 1. The van der Waals surface area contributed by atoms with Crippen molar-refractivity contribution in [1.82, 2.24) is 20.3 Å². The highest BCUT2D eigenvalue weighted by Crippen LogP contribution is 2.30. The van der Waals surface area contributed by atoms with Crippen LogP contribution in [0.15, 0.2) is 91.3 Å². The molecule has 2 N–H and O–H groups in total. The molecular weight excluding hydrogens is 449 g/mol. The first-order valence-electron chi connectivity index (χ1n) is 10.8. The predicted octanol–water partition coefficient (Wildman–Crippen LogP) is 6.52. The number of pyridine rings is 1. The van der Waals surface area contributed by atoms with Crippen LogP contribution < -0.4 is 10.6 Å². The number of hydrogen-bond acceptors (Lipinski definition) is 5. The van der Waals surface area contributed by atoms with Gasteiger partial charge in [0.1, 0.15) is 11.6 Å². The third-order valence-corrected chi connectivity index (χ3v) is 5.64. The number of rotatable bonds is 7. The minimum Gasteiger partial charge on any atom is -0.339 e. The highest BCUT2D eigenvalue weighted by Gasteiger charge is 2.12. The van der Waals surface area contributed by atoms with Gasteiger partial charge in [-0.25, -0.2) is 14.4 Å². The molecule has 0 unspecified atom stereocenters. The van der Waals surface area contributed by atoms with Crippen molar-refractivity contribution in [2.24, 2.45) is 0 Å². The van der Waals surface area contributed by atoms with Crippen LogP contribution in [0.3, 0.4) is 0 Å². The van der Waals surface area contributed by atoms with Crippen molar-refractivity contribution in [2.45, 2.75) is 13.1 Å². The van der Waals surface area contributed by atoms with E-state index in [0.717, 1.165) is 33.3 Å². The van der Waals surface area contributed by atoms with E-state index in [4.69, 9.17) is 21.6 Å². The smallest absolute Gasteiger partial charge is 0.163 e. The fourth-order valence-corrected chi connectivity index (χ4v) is 3.86. The molecule has 0 atom stereocenters. The van der Waals surface area contributed by atoms with Crippen molar-refractivity contribution in [3.63, 3.8) is 0 Å². The number of nitrogens with zero attached hydrogens (tertiary/aromatic N) is 3. The first-order chi connectivity index (χ1) is 16.7. The monoisotopic (exact) mass is 469 g/mol. The SMILES string of the molecule is Fc1ccc(CNCc2ccccc2Nc2nc(-c3cccnc3)nc3cc(Cl)ccc23)cc1. The number of aromatic nitrogens is 3. The van der Waals surface area contributed by atoms with E-state index in [2.05, 4.69) is 21.7 Å². The van der Waals surface area contributed by atoms with Gasteiger partial charge in [0.15, 0.2) is 5.82 Å². The second kappa shape index (κ2) is 9.95. The highest BCUT2D eigenvalue weighted by molar-refractivity contribution is 6.31. The summed E-state index contributed by atoms with van der Waals surface area (Å²) in [7, 11) is 0. The van der Waals surface area contributed by atoms with Crippen LogP contribution in [0.1, 0.15) is 11.1 Å². The second-order valence-electron chi connectivity index (χ2n) is 7.81. The van der Waals surface area contributed by atoms with Gasteiger partial charge in [0.2, 0.25) is 0 Å². The summed E-state index contributed by atoms with van der Waals surface area (Å²) in [5.74, 6) is 1.02. The summed E-state index contributed by atoms with van der Waals surface area (Å²) in [6.07, 6.45) is 3.46. The number of benzene rings is 3. The van der Waals surface area contributed by atoms with E-state index < -0.39 is 0 Å². The summed E-state index contributed by atoms with van der Waals surface area (Å²) in [4.78, 5) is 13.7. The van der Waals surface area contributed by atoms with Crippen molar-refractivity contribution >= 4 is 34.0 Å². The maximum Gasteiger partial charge on any atom is 0.163 e. The quantitative estimate of drug-likeness (QED) is 0.284. The summed E-state index contributed by atoms with van der Waals surface area (Å²) in [6.45, 7) is 1.26. The van der Waals surface area contributed by atoms with E-state index in [0.29, 0.717) is 29.8 Å². The number of halogens is 2. The average molecular weight is 470 g/mol. The molecule has 0 saturated heterocycles. The van der Waals surface area contributed by atoms with Crippen molar-refractivity contribution in [3.8, 4) is 11.4 Å². The second-order valence-corrected chi connectivity index (χ2v) is 8.25. The lowest BCUT2D eigenvalue weighted by Crippen LogP contribution is -2.14. The molecule has 0 fully saturated rings. The lowest BCUT2D eigenvalue weighted by molar-refractivity contribution is 0.625. The van der Waals surface area contributed by atoms with Crippen molar-refractivity contribution in [1.29, 1.82) is 0 Å². The number of nitrogens with one attached hydrogen (secondary N) is 2. The Morgan fingerprint density at radius 2 is 1.71 bits per heavy atom. The third kappa shape index (κ3) is 5.03. The Kier molecular flexibility index (Phi) is 6.42. The van der Waals surface area contributed by atoms with Gasteiger partial charge < -0.3 is 10.6 Å². The van der Waals surface area contributed by atoms with Crippen LogP contribution >= 0.6 is 11.6 Å². The molecule has 0 radical (unpaired) electrons. The molecule has 5 nitrogen and oxygen atoms in total. The third-order valence-electron chi connectivity index (χ3n) is 5.41. The number of anilines is 2. The fourth-order valence-electron chi connectivity index (χ4n) is 3.69. The Labute approximate surface area is 201 Å². The predicted molar refractivity (Wildman–Crippen MR) is 134 cm³/mol. The Hall–Kier alpha value is -3.87. The first kappa shape index (κ1) is 21.9. The molecule has 0 saturated carbocycles. The van der Waals surface area contributed by atoms with Crippen LogP contribution in [-0.4, -0.2) is 15.0 Å². The van der Waals surface area contributed by atoms with Gasteiger partial charge in [-0.2, -0.15) is 0 Å². The van der Waals surface area contributed by atoms with Gasteiger partial charge in [0.05, 0.1) is 5.52 Å². The Morgan fingerprint density at radius 1 is 0.853 bits per heavy atom. The standard InChI is InChI=1S/C27H21ClFN5/c28-21-9-12-23-25(14-21)33-26(20-5-3-13-30-17-20)34-27(23)32-24-6-2-1-4-19(24)16-31-15-18-7-10-22(29)11-8-18/h1-14,17,31H,15-16H2,(H,32,33,34). The largest absolute Gasteiger partial charge is 0.339 e. The minimum absolute atomic E-state index is 0.234. The minimum atomic E-state index is -0.234.